The molecule has 0 unspecified atom stereocenters. The molecule has 3 aromatic heterocycles. The van der Waals surface area contributed by atoms with Crippen molar-refractivity contribution in [2.24, 2.45) is 0 Å². The van der Waals surface area contributed by atoms with Crippen molar-refractivity contribution in [1.29, 1.82) is 0 Å². The Morgan fingerprint density at radius 2 is 2.07 bits per heavy atom. The Kier molecular flexibility index (Phi) is 5.77. The number of nitrogens with one attached hydrogen (secondary N) is 1. The summed E-state index contributed by atoms with van der Waals surface area (Å²) in [7, 11) is 1.61. The van der Waals surface area contributed by atoms with Gasteiger partial charge in [0.25, 0.3) is 5.91 Å². The van der Waals surface area contributed by atoms with Gasteiger partial charge in [-0.05, 0) is 52.3 Å². The number of hydrogen-bond donors (Lipinski definition) is 1. The van der Waals surface area contributed by atoms with E-state index in [4.69, 9.17) is 16.3 Å². The summed E-state index contributed by atoms with van der Waals surface area (Å²) in [6.45, 7) is 0.188. The third kappa shape index (κ3) is 4.19. The smallest absolute Gasteiger partial charge is 0.270 e. The number of benzene rings is 1. The average molecular weight is 489 g/mol. The van der Waals surface area contributed by atoms with Crippen LogP contribution in [0.4, 0.5) is 0 Å². The van der Waals surface area contributed by atoms with E-state index >= 15 is 0 Å². The fourth-order valence-electron chi connectivity index (χ4n) is 2.71. The molecular formula is C19H15BrClN7O2. The van der Waals surface area contributed by atoms with Crippen molar-refractivity contribution in [3.05, 3.63) is 75.9 Å². The molecule has 1 N–H and O–H groups in total. The molecule has 0 aliphatic heterocycles. The molecule has 0 aliphatic rings. The SMILES string of the molecule is COc1ccc(-n2cc(CNC(=O)c3cc(Br)nn3-c3ncccc3Cl)nn2)cc1. The number of halogens is 2. The maximum Gasteiger partial charge on any atom is 0.270 e. The highest BCUT2D eigenvalue weighted by atomic mass is 79.9. The van der Waals surface area contributed by atoms with Gasteiger partial charge in [0.2, 0.25) is 0 Å². The summed E-state index contributed by atoms with van der Waals surface area (Å²) < 4.78 is 8.64. The van der Waals surface area contributed by atoms with Crippen LogP contribution >= 0.6 is 27.5 Å². The van der Waals surface area contributed by atoms with E-state index in [1.54, 1.807) is 42.4 Å². The van der Waals surface area contributed by atoms with E-state index in [-0.39, 0.29) is 18.1 Å². The first-order chi connectivity index (χ1) is 14.5. The molecule has 30 heavy (non-hydrogen) atoms. The van der Waals surface area contributed by atoms with E-state index in [1.807, 2.05) is 24.3 Å². The van der Waals surface area contributed by atoms with Crippen LogP contribution in [0.5, 0.6) is 5.75 Å². The minimum absolute atomic E-state index is 0.188. The first kappa shape index (κ1) is 20.0. The van der Waals surface area contributed by atoms with E-state index in [0.29, 0.717) is 21.1 Å². The molecule has 0 spiro atoms. The Bertz CT molecular complexity index is 1190. The minimum atomic E-state index is -0.353. The lowest BCUT2D eigenvalue weighted by Crippen LogP contribution is -2.26. The number of methoxy groups -OCH3 is 1. The van der Waals surface area contributed by atoms with Crippen molar-refractivity contribution >= 4 is 33.4 Å². The van der Waals surface area contributed by atoms with Crippen LogP contribution in [0.1, 0.15) is 16.2 Å². The van der Waals surface area contributed by atoms with Gasteiger partial charge in [0.1, 0.15) is 21.7 Å². The van der Waals surface area contributed by atoms with E-state index in [1.165, 1.54) is 4.68 Å². The summed E-state index contributed by atoms with van der Waals surface area (Å²) >= 11 is 9.49. The minimum Gasteiger partial charge on any atom is -0.497 e. The van der Waals surface area contributed by atoms with Crippen LogP contribution in [-0.4, -0.2) is 42.8 Å². The van der Waals surface area contributed by atoms with E-state index in [0.717, 1.165) is 11.4 Å². The molecule has 3 heterocycles. The highest BCUT2D eigenvalue weighted by Gasteiger charge is 2.18. The van der Waals surface area contributed by atoms with Gasteiger partial charge in [-0.2, -0.15) is 5.10 Å². The van der Waals surface area contributed by atoms with E-state index < -0.39 is 0 Å². The molecule has 0 fully saturated rings. The molecule has 0 radical (unpaired) electrons. The number of aromatic nitrogens is 6. The van der Waals surface area contributed by atoms with E-state index in [9.17, 15) is 4.79 Å². The number of amides is 1. The highest BCUT2D eigenvalue weighted by molar-refractivity contribution is 9.10. The first-order valence-corrected chi connectivity index (χ1v) is 9.92. The summed E-state index contributed by atoms with van der Waals surface area (Å²) in [6, 6.07) is 12.4. The second-order valence-electron chi connectivity index (χ2n) is 6.11. The van der Waals surface area contributed by atoms with Gasteiger partial charge >= 0.3 is 0 Å². The Hall–Kier alpha value is -3.24. The highest BCUT2D eigenvalue weighted by Crippen LogP contribution is 2.21. The zero-order chi connectivity index (χ0) is 21.1. The van der Waals surface area contributed by atoms with Gasteiger partial charge in [0.15, 0.2) is 5.82 Å². The molecule has 0 saturated carbocycles. The molecule has 0 atom stereocenters. The van der Waals surface area contributed by atoms with Crippen molar-refractivity contribution in [3.63, 3.8) is 0 Å². The lowest BCUT2D eigenvalue weighted by Gasteiger charge is -2.07. The third-order valence-electron chi connectivity index (χ3n) is 4.16. The lowest BCUT2D eigenvalue weighted by molar-refractivity contribution is 0.0942. The standard InChI is InChI=1S/C19H15BrClN7O2/c1-30-14-6-4-13(5-7-14)27-11-12(24-26-27)10-23-19(29)16-9-17(20)25-28(16)18-15(21)3-2-8-22-18/h2-9,11H,10H2,1H3,(H,23,29). The molecule has 0 saturated heterocycles. The molecule has 0 aliphatic carbocycles. The Morgan fingerprint density at radius 3 is 2.80 bits per heavy atom. The molecule has 4 rings (SSSR count). The third-order valence-corrected chi connectivity index (χ3v) is 4.84. The van der Waals surface area contributed by atoms with Crippen molar-refractivity contribution < 1.29 is 9.53 Å². The summed E-state index contributed by atoms with van der Waals surface area (Å²) in [4.78, 5) is 17.0. The van der Waals surface area contributed by atoms with Crippen LogP contribution in [0.15, 0.2) is 59.5 Å². The van der Waals surface area contributed by atoms with Gasteiger partial charge in [-0.25, -0.2) is 14.3 Å². The van der Waals surface area contributed by atoms with Crippen LogP contribution < -0.4 is 10.1 Å². The van der Waals surface area contributed by atoms with Gasteiger partial charge in [-0.3, -0.25) is 4.79 Å². The number of pyridine rings is 1. The quantitative estimate of drug-likeness (QED) is 0.447. The monoisotopic (exact) mass is 487 g/mol. The summed E-state index contributed by atoms with van der Waals surface area (Å²) in [5.41, 5.74) is 1.71. The van der Waals surface area contributed by atoms with Crippen LogP contribution in [-0.2, 0) is 6.54 Å². The first-order valence-electron chi connectivity index (χ1n) is 8.75. The molecule has 4 aromatic rings. The molecule has 1 aromatic carbocycles. The largest absolute Gasteiger partial charge is 0.497 e. The van der Waals surface area contributed by atoms with Crippen molar-refractivity contribution in [1.82, 2.24) is 35.1 Å². The number of ether oxygens (including phenoxy) is 1. The topological polar surface area (TPSA) is 99.8 Å². The maximum absolute atomic E-state index is 12.8. The molecular weight excluding hydrogens is 474 g/mol. The summed E-state index contributed by atoms with van der Waals surface area (Å²) in [6.07, 6.45) is 3.32. The number of rotatable bonds is 6. The van der Waals surface area contributed by atoms with Crippen molar-refractivity contribution in [3.8, 4) is 17.3 Å². The normalized spacial score (nSPS) is 10.8. The summed E-state index contributed by atoms with van der Waals surface area (Å²) in [5.74, 6) is 0.761. The Morgan fingerprint density at radius 1 is 1.27 bits per heavy atom. The van der Waals surface area contributed by atoms with Crippen LogP contribution in [0.3, 0.4) is 0 Å². The molecule has 0 bridgehead atoms. The van der Waals surface area contributed by atoms with Gasteiger partial charge in [0, 0.05) is 12.3 Å². The molecule has 9 nitrogen and oxygen atoms in total. The lowest BCUT2D eigenvalue weighted by atomic mass is 10.3. The Labute approximate surface area is 184 Å². The van der Waals surface area contributed by atoms with Crippen LogP contribution in [0.2, 0.25) is 5.02 Å². The fourth-order valence-corrected chi connectivity index (χ4v) is 3.29. The van der Waals surface area contributed by atoms with E-state index in [2.05, 4.69) is 41.6 Å². The van der Waals surface area contributed by atoms with Crippen molar-refractivity contribution in [2.75, 3.05) is 7.11 Å². The van der Waals surface area contributed by atoms with Gasteiger partial charge < -0.3 is 10.1 Å². The average Bonchev–Trinajstić information content (AvgIpc) is 3.39. The number of carbonyl (C=O) groups is 1. The Balaban J connectivity index is 1.48. The second kappa shape index (κ2) is 8.64. The number of nitrogens with zero attached hydrogens (tertiary/aromatic N) is 6. The second-order valence-corrected chi connectivity index (χ2v) is 7.33. The number of hydrogen-bond acceptors (Lipinski definition) is 6. The predicted octanol–water partition coefficient (Wildman–Crippen LogP) is 3.20. The molecule has 11 heteroatoms. The summed E-state index contributed by atoms with van der Waals surface area (Å²) in [5, 5.41) is 15.7. The van der Waals surface area contributed by atoms with Gasteiger partial charge in [-0.15, -0.1) is 5.10 Å². The van der Waals surface area contributed by atoms with Crippen molar-refractivity contribution in [2.45, 2.75) is 6.54 Å². The number of carbonyl (C=O) groups excluding carboxylic acids is 1. The maximum atomic E-state index is 12.8. The molecule has 152 valence electrons. The van der Waals surface area contributed by atoms with Gasteiger partial charge in [0.05, 0.1) is 30.6 Å². The van der Waals surface area contributed by atoms with Gasteiger partial charge in [-0.1, -0.05) is 16.8 Å². The zero-order valence-electron chi connectivity index (χ0n) is 15.7. The van der Waals surface area contributed by atoms with Crippen LogP contribution in [0, 0.1) is 0 Å². The van der Waals surface area contributed by atoms with Crippen LogP contribution in [0.25, 0.3) is 11.5 Å². The predicted molar refractivity (Wildman–Crippen MR) is 113 cm³/mol. The fraction of sp³-hybridized carbons (Fsp3) is 0.105. The zero-order valence-corrected chi connectivity index (χ0v) is 18.0. The molecule has 1 amide bonds.